The van der Waals surface area contributed by atoms with Crippen molar-refractivity contribution in [3.63, 3.8) is 0 Å². The number of hydrogen-bond donors (Lipinski definition) is 2. The lowest BCUT2D eigenvalue weighted by molar-refractivity contribution is -0.122. The van der Waals surface area contributed by atoms with Crippen LogP contribution in [0, 0.1) is 6.92 Å². The third-order valence-corrected chi connectivity index (χ3v) is 4.10. The predicted molar refractivity (Wildman–Crippen MR) is 101 cm³/mol. The van der Waals surface area contributed by atoms with E-state index in [2.05, 4.69) is 10.7 Å². The highest BCUT2D eigenvalue weighted by Gasteiger charge is 2.19. The van der Waals surface area contributed by atoms with Crippen LogP contribution >= 0.6 is 11.6 Å². The van der Waals surface area contributed by atoms with E-state index in [4.69, 9.17) is 11.6 Å². The minimum atomic E-state index is -0.705. The molecule has 5 nitrogen and oxygen atoms in total. The summed E-state index contributed by atoms with van der Waals surface area (Å²) >= 11 is 6.01. The van der Waals surface area contributed by atoms with Gasteiger partial charge in [0.15, 0.2) is 0 Å². The molecular formula is C19H22ClN3O2. The van der Waals surface area contributed by atoms with Gasteiger partial charge < -0.3 is 5.32 Å². The lowest BCUT2D eigenvalue weighted by atomic mass is 10.2. The molecule has 25 heavy (non-hydrogen) atoms. The van der Waals surface area contributed by atoms with E-state index in [9.17, 15) is 9.59 Å². The Morgan fingerprint density at radius 2 is 1.76 bits per heavy atom. The van der Waals surface area contributed by atoms with Gasteiger partial charge in [0, 0.05) is 6.54 Å². The van der Waals surface area contributed by atoms with Gasteiger partial charge in [-0.25, -0.2) is 0 Å². The number of benzene rings is 2. The monoisotopic (exact) mass is 359 g/mol. The maximum Gasteiger partial charge on any atom is 0.260 e. The maximum absolute atomic E-state index is 12.4. The Labute approximate surface area is 152 Å². The summed E-state index contributed by atoms with van der Waals surface area (Å²) < 4.78 is 0. The zero-order valence-electron chi connectivity index (χ0n) is 14.5. The lowest BCUT2D eigenvalue weighted by Crippen LogP contribution is -2.51. The van der Waals surface area contributed by atoms with Gasteiger partial charge in [-0.05, 0) is 45.0 Å². The van der Waals surface area contributed by atoms with Crippen LogP contribution in [0.2, 0.25) is 5.02 Å². The molecule has 1 atom stereocenters. The molecule has 0 aliphatic heterocycles. The van der Waals surface area contributed by atoms with Crippen molar-refractivity contribution in [1.29, 1.82) is 0 Å². The van der Waals surface area contributed by atoms with Crippen molar-refractivity contribution >= 4 is 29.1 Å². The van der Waals surface area contributed by atoms with Gasteiger partial charge in [0.05, 0.1) is 16.3 Å². The minimum absolute atomic E-state index is 0.303. The topological polar surface area (TPSA) is 61.4 Å². The van der Waals surface area contributed by atoms with E-state index in [-0.39, 0.29) is 11.8 Å². The third kappa shape index (κ3) is 4.97. The second-order valence-corrected chi connectivity index (χ2v) is 6.14. The lowest BCUT2D eigenvalue weighted by Gasteiger charge is -2.26. The Morgan fingerprint density at radius 3 is 2.36 bits per heavy atom. The molecule has 0 fully saturated rings. The van der Waals surface area contributed by atoms with Crippen LogP contribution in [0.25, 0.3) is 0 Å². The van der Waals surface area contributed by atoms with E-state index in [1.54, 1.807) is 36.2 Å². The Bertz CT molecular complexity index is 747. The number of nitrogens with zero attached hydrogens (tertiary/aromatic N) is 1. The van der Waals surface area contributed by atoms with Gasteiger partial charge in [-0.3, -0.25) is 20.0 Å². The van der Waals surface area contributed by atoms with Crippen molar-refractivity contribution in [3.05, 3.63) is 64.7 Å². The number of anilines is 1. The molecule has 0 bridgehead atoms. The predicted octanol–water partition coefficient (Wildman–Crippen LogP) is 3.32. The van der Waals surface area contributed by atoms with Gasteiger partial charge in [0.2, 0.25) is 0 Å². The molecule has 0 aliphatic carbocycles. The van der Waals surface area contributed by atoms with Gasteiger partial charge in [-0.1, -0.05) is 41.4 Å². The fourth-order valence-electron chi connectivity index (χ4n) is 2.27. The van der Waals surface area contributed by atoms with Crippen LogP contribution in [0.4, 0.5) is 5.69 Å². The van der Waals surface area contributed by atoms with Gasteiger partial charge in [-0.2, -0.15) is 0 Å². The van der Waals surface area contributed by atoms with Crippen LogP contribution in [-0.4, -0.2) is 24.4 Å². The minimum Gasteiger partial charge on any atom is -0.340 e. The summed E-state index contributed by atoms with van der Waals surface area (Å²) in [4.78, 5) is 24.7. The zero-order valence-corrected chi connectivity index (χ0v) is 15.3. The van der Waals surface area contributed by atoms with Crippen LogP contribution in [0.3, 0.4) is 0 Å². The second kappa shape index (κ2) is 8.53. The standard InChI is InChI=1S/C19H22ClN3O2/c1-4-23(15-11-9-13(2)10-12-15)22-18(24)14(3)21-19(25)16-7-5-6-8-17(16)20/h5-12,14H,4H2,1-3H3,(H,21,25)(H,22,24)/t14-/m0/s1. The molecule has 2 N–H and O–H groups in total. The van der Waals surface area contributed by atoms with Crippen molar-refractivity contribution in [1.82, 2.24) is 10.7 Å². The number of rotatable bonds is 6. The first-order chi connectivity index (χ1) is 11.9. The van der Waals surface area contributed by atoms with E-state index in [0.29, 0.717) is 17.1 Å². The fourth-order valence-corrected chi connectivity index (χ4v) is 2.49. The molecule has 2 aromatic rings. The van der Waals surface area contributed by atoms with Crippen molar-refractivity contribution in [2.75, 3.05) is 11.6 Å². The van der Waals surface area contributed by atoms with E-state index in [1.807, 2.05) is 38.1 Å². The van der Waals surface area contributed by atoms with Gasteiger partial charge in [0.25, 0.3) is 11.8 Å². The number of amides is 2. The molecule has 0 unspecified atom stereocenters. The summed E-state index contributed by atoms with van der Waals surface area (Å²) in [6, 6.07) is 13.9. The largest absolute Gasteiger partial charge is 0.340 e. The molecular weight excluding hydrogens is 338 g/mol. The molecule has 0 aromatic heterocycles. The van der Waals surface area contributed by atoms with Crippen LogP contribution in [0.5, 0.6) is 0 Å². The molecule has 0 saturated carbocycles. The van der Waals surface area contributed by atoms with Crippen LogP contribution in [0.1, 0.15) is 29.8 Å². The average Bonchev–Trinajstić information content (AvgIpc) is 2.60. The summed E-state index contributed by atoms with van der Waals surface area (Å²) in [5, 5.41) is 4.75. The van der Waals surface area contributed by atoms with Crippen molar-refractivity contribution in [3.8, 4) is 0 Å². The Kier molecular flexibility index (Phi) is 6.42. The fraction of sp³-hybridized carbons (Fsp3) is 0.263. The quantitative estimate of drug-likeness (QED) is 0.778. The number of nitrogens with one attached hydrogen (secondary N) is 2. The molecule has 2 amide bonds. The molecule has 2 aromatic carbocycles. The maximum atomic E-state index is 12.4. The third-order valence-electron chi connectivity index (χ3n) is 3.77. The highest BCUT2D eigenvalue weighted by molar-refractivity contribution is 6.33. The first-order valence-electron chi connectivity index (χ1n) is 8.12. The number of hydrogen-bond acceptors (Lipinski definition) is 3. The van der Waals surface area contributed by atoms with Crippen molar-refractivity contribution in [2.45, 2.75) is 26.8 Å². The molecule has 0 spiro atoms. The summed E-state index contributed by atoms with van der Waals surface area (Å²) in [5.41, 5.74) is 5.19. The van der Waals surface area contributed by atoms with Crippen LogP contribution in [0.15, 0.2) is 48.5 Å². The number of aryl methyl sites for hydroxylation is 1. The first kappa shape index (κ1) is 18.8. The smallest absolute Gasteiger partial charge is 0.260 e. The number of carbonyl (C=O) groups is 2. The zero-order chi connectivity index (χ0) is 18.4. The molecule has 132 valence electrons. The summed E-state index contributed by atoms with van der Waals surface area (Å²) in [6.07, 6.45) is 0. The Hall–Kier alpha value is -2.53. The van der Waals surface area contributed by atoms with E-state index in [1.165, 1.54) is 0 Å². The van der Waals surface area contributed by atoms with E-state index in [0.717, 1.165) is 11.3 Å². The average molecular weight is 360 g/mol. The molecule has 0 aliphatic rings. The molecule has 0 heterocycles. The van der Waals surface area contributed by atoms with Crippen molar-refractivity contribution < 1.29 is 9.59 Å². The second-order valence-electron chi connectivity index (χ2n) is 5.73. The number of hydrazine groups is 1. The highest BCUT2D eigenvalue weighted by Crippen LogP contribution is 2.15. The highest BCUT2D eigenvalue weighted by atomic mass is 35.5. The number of carbonyl (C=O) groups excluding carboxylic acids is 2. The normalized spacial score (nSPS) is 11.5. The van der Waals surface area contributed by atoms with Gasteiger partial charge in [-0.15, -0.1) is 0 Å². The summed E-state index contributed by atoms with van der Waals surface area (Å²) in [6.45, 7) is 6.17. The van der Waals surface area contributed by atoms with E-state index >= 15 is 0 Å². The van der Waals surface area contributed by atoms with Crippen LogP contribution < -0.4 is 15.8 Å². The van der Waals surface area contributed by atoms with Crippen molar-refractivity contribution in [2.24, 2.45) is 0 Å². The number of halogens is 1. The summed E-state index contributed by atoms with van der Waals surface area (Å²) in [7, 11) is 0. The first-order valence-corrected chi connectivity index (χ1v) is 8.50. The molecule has 2 rings (SSSR count). The van der Waals surface area contributed by atoms with Gasteiger partial charge in [0.1, 0.15) is 6.04 Å². The summed E-state index contributed by atoms with van der Waals surface area (Å²) in [5.74, 6) is -0.686. The molecule has 0 radical (unpaired) electrons. The SMILES string of the molecule is CCN(NC(=O)[C@H](C)NC(=O)c1ccccc1Cl)c1ccc(C)cc1. The van der Waals surface area contributed by atoms with E-state index < -0.39 is 6.04 Å². The molecule has 0 saturated heterocycles. The van der Waals surface area contributed by atoms with Crippen LogP contribution in [-0.2, 0) is 4.79 Å². The Balaban J connectivity index is 2.00. The Morgan fingerprint density at radius 1 is 1.12 bits per heavy atom. The molecule has 6 heteroatoms. The van der Waals surface area contributed by atoms with Gasteiger partial charge >= 0.3 is 0 Å².